The zero-order valence-corrected chi connectivity index (χ0v) is 24.7. The number of nitrogens with one attached hydrogen (secondary N) is 1. The van der Waals surface area contributed by atoms with Gasteiger partial charge in [0.15, 0.2) is 0 Å². The molecule has 1 fully saturated rings. The average Bonchev–Trinajstić information content (AvgIpc) is 2.99. The first-order valence-corrected chi connectivity index (χ1v) is 14.5. The number of fused-ring (bicyclic) bond motifs is 1. The van der Waals surface area contributed by atoms with E-state index in [0.717, 1.165) is 86.7 Å². The lowest BCUT2D eigenvalue weighted by atomic mass is 10.0. The highest BCUT2D eigenvalue weighted by Gasteiger charge is 2.21. The Balaban J connectivity index is 1.28. The first kappa shape index (κ1) is 29.9. The van der Waals surface area contributed by atoms with Crippen LogP contribution in [0, 0.1) is 5.92 Å². The average molecular weight is 559 g/mol. The zero-order chi connectivity index (χ0) is 29.2. The molecule has 0 saturated carbocycles. The van der Waals surface area contributed by atoms with E-state index >= 15 is 0 Å². The lowest BCUT2D eigenvalue weighted by Crippen LogP contribution is -2.46. The number of likely N-dealkylation sites (N-methyl/N-ethyl adjacent to an activating group) is 1. The van der Waals surface area contributed by atoms with E-state index in [2.05, 4.69) is 61.0 Å². The van der Waals surface area contributed by atoms with Crippen LogP contribution < -0.4 is 27.4 Å². The van der Waals surface area contributed by atoms with E-state index in [-0.39, 0.29) is 12.1 Å². The number of hydrogen-bond acceptors (Lipinski definition) is 10. The first-order valence-electron chi connectivity index (χ1n) is 14.5. The van der Waals surface area contributed by atoms with Crippen LogP contribution in [0.15, 0.2) is 70.0 Å². The van der Waals surface area contributed by atoms with Crippen LogP contribution in [0.4, 0.5) is 5.69 Å². The Bertz CT molecular complexity index is 1250. The molecule has 3 aliphatic rings. The van der Waals surface area contributed by atoms with Gasteiger partial charge in [-0.2, -0.15) is 0 Å². The summed E-state index contributed by atoms with van der Waals surface area (Å²) >= 11 is 0. The number of hydrogen-bond donors (Lipinski definition) is 4. The molecule has 0 radical (unpaired) electrons. The van der Waals surface area contributed by atoms with Crippen LogP contribution in [0.1, 0.15) is 37.9 Å². The Labute approximate surface area is 244 Å². The number of anilines is 1. The van der Waals surface area contributed by atoms with E-state index in [4.69, 9.17) is 17.2 Å². The molecule has 4 heterocycles. The number of nitrogens with zero attached hydrogens (tertiary/aromatic N) is 6. The minimum Gasteiger partial charge on any atom is -0.404 e. The number of piperazine rings is 1. The van der Waals surface area contributed by atoms with Crippen LogP contribution in [0.2, 0.25) is 0 Å². The third kappa shape index (κ3) is 8.00. The molecule has 10 heteroatoms. The van der Waals surface area contributed by atoms with Gasteiger partial charge in [-0.25, -0.2) is 0 Å². The van der Waals surface area contributed by atoms with Crippen molar-refractivity contribution in [1.82, 2.24) is 20.1 Å². The van der Waals surface area contributed by atoms with Crippen LogP contribution >= 0.6 is 0 Å². The maximum atomic E-state index is 6.29. The summed E-state index contributed by atoms with van der Waals surface area (Å²) in [6.07, 6.45) is 18.9. The fourth-order valence-corrected chi connectivity index (χ4v) is 5.20. The van der Waals surface area contributed by atoms with E-state index in [9.17, 15) is 0 Å². The molecule has 0 aromatic carbocycles. The number of pyridine rings is 1. The van der Waals surface area contributed by atoms with Gasteiger partial charge in [-0.15, -0.1) is 0 Å². The molecule has 41 heavy (non-hydrogen) atoms. The van der Waals surface area contributed by atoms with Crippen LogP contribution in [0.25, 0.3) is 11.6 Å². The van der Waals surface area contributed by atoms with E-state index in [1.807, 2.05) is 43.9 Å². The molecule has 0 spiro atoms. The van der Waals surface area contributed by atoms with Crippen LogP contribution in [-0.4, -0.2) is 86.2 Å². The van der Waals surface area contributed by atoms with Gasteiger partial charge in [-0.05, 0) is 54.5 Å². The summed E-state index contributed by atoms with van der Waals surface area (Å²) in [5.74, 6) is 0.837. The highest BCUT2D eigenvalue weighted by Crippen LogP contribution is 2.28. The number of allylic oxidation sites excluding steroid dienone is 4. The van der Waals surface area contributed by atoms with E-state index in [0.29, 0.717) is 5.82 Å². The topological polar surface area (TPSA) is 137 Å². The molecule has 220 valence electrons. The summed E-state index contributed by atoms with van der Waals surface area (Å²) in [7, 11) is 2.01. The van der Waals surface area contributed by atoms with Crippen LogP contribution in [-0.2, 0) is 0 Å². The summed E-state index contributed by atoms with van der Waals surface area (Å²) in [6, 6.07) is 2.09. The van der Waals surface area contributed by atoms with Crippen molar-refractivity contribution in [2.75, 3.05) is 57.8 Å². The summed E-state index contributed by atoms with van der Waals surface area (Å²) < 4.78 is 0. The summed E-state index contributed by atoms with van der Waals surface area (Å²) in [5, 5.41) is 3.36. The number of nitrogens with two attached hydrogens (primary N) is 3. The molecule has 3 aliphatic heterocycles. The molecule has 1 atom stereocenters. The number of aliphatic imine (C=N–C) groups is 2. The van der Waals surface area contributed by atoms with E-state index in [1.165, 1.54) is 5.70 Å². The van der Waals surface area contributed by atoms with Gasteiger partial charge in [0.25, 0.3) is 0 Å². The molecule has 1 unspecified atom stereocenters. The minimum atomic E-state index is -0.129. The van der Waals surface area contributed by atoms with Gasteiger partial charge < -0.3 is 32.3 Å². The summed E-state index contributed by atoms with van der Waals surface area (Å²) in [5.41, 5.74) is 24.1. The van der Waals surface area contributed by atoms with Gasteiger partial charge in [-0.1, -0.05) is 13.8 Å². The molecule has 4 rings (SSSR count). The van der Waals surface area contributed by atoms with Crippen molar-refractivity contribution in [1.29, 1.82) is 0 Å². The highest BCUT2D eigenvalue weighted by atomic mass is 15.3. The van der Waals surface area contributed by atoms with E-state index < -0.39 is 0 Å². The number of rotatable bonds is 11. The summed E-state index contributed by atoms with van der Waals surface area (Å²) in [6.45, 7) is 11.2. The number of aromatic nitrogens is 1. The Hall–Kier alpha value is -4.05. The lowest BCUT2D eigenvalue weighted by Gasteiger charge is -2.37. The van der Waals surface area contributed by atoms with Gasteiger partial charge in [0.1, 0.15) is 6.17 Å². The van der Waals surface area contributed by atoms with Gasteiger partial charge in [0.05, 0.1) is 17.2 Å². The SMILES string of the molecule is CC(C)C(=C/N)/C=C(\N)NC1C=Cc2ncc(C(C=NCCCN3CCN(C4=CC=NCC4)CC3)=CN)cc2N1C. The van der Waals surface area contributed by atoms with Crippen molar-refractivity contribution in [3.05, 3.63) is 71.2 Å². The molecular weight excluding hydrogens is 512 g/mol. The predicted octanol–water partition coefficient (Wildman–Crippen LogP) is 2.50. The molecule has 0 bridgehead atoms. The van der Waals surface area contributed by atoms with Crippen molar-refractivity contribution in [2.45, 2.75) is 32.9 Å². The number of dihydropyridines is 1. The van der Waals surface area contributed by atoms with Gasteiger partial charge in [-0.3, -0.25) is 19.9 Å². The monoisotopic (exact) mass is 558 g/mol. The highest BCUT2D eigenvalue weighted by molar-refractivity contribution is 6.09. The largest absolute Gasteiger partial charge is 0.404 e. The molecule has 1 aromatic rings. The normalized spacial score (nSPS) is 20.6. The zero-order valence-electron chi connectivity index (χ0n) is 24.7. The van der Waals surface area contributed by atoms with Crippen molar-refractivity contribution in [3.63, 3.8) is 0 Å². The molecular formula is C31H46N10. The van der Waals surface area contributed by atoms with Gasteiger partial charge in [0.2, 0.25) is 0 Å². The Morgan fingerprint density at radius 1 is 1.20 bits per heavy atom. The molecule has 7 N–H and O–H groups in total. The molecule has 1 saturated heterocycles. The lowest BCUT2D eigenvalue weighted by molar-refractivity contribution is 0.155. The first-order chi connectivity index (χ1) is 19.9. The van der Waals surface area contributed by atoms with E-state index in [1.54, 1.807) is 12.4 Å². The second-order valence-corrected chi connectivity index (χ2v) is 10.9. The van der Waals surface area contributed by atoms with Crippen LogP contribution in [0.5, 0.6) is 0 Å². The Morgan fingerprint density at radius 2 is 2.00 bits per heavy atom. The molecule has 0 aliphatic carbocycles. The van der Waals surface area contributed by atoms with Gasteiger partial charge in [0, 0.05) is 101 Å². The van der Waals surface area contributed by atoms with Crippen molar-refractivity contribution >= 4 is 29.8 Å². The third-order valence-corrected chi connectivity index (χ3v) is 7.78. The molecule has 10 nitrogen and oxygen atoms in total. The maximum absolute atomic E-state index is 6.29. The summed E-state index contributed by atoms with van der Waals surface area (Å²) in [4.78, 5) is 20.8. The molecule has 1 aromatic heterocycles. The predicted molar refractivity (Wildman–Crippen MR) is 172 cm³/mol. The molecule has 0 amide bonds. The standard InChI is InChI=1S/C31H46N10/c1-23(2)24(19-32)18-30(34)38-31-6-5-28-29(39(31)3)17-25(22-37-28)26(20-33)21-36-9-4-12-40-13-15-41(16-14-40)27-7-10-35-11-8-27/h5-7,10,17-23,31,38H,4,8-9,11-16,32-34H2,1-3H3/b24-19+,26-20?,30-18+,36-21?. The van der Waals surface area contributed by atoms with Gasteiger partial charge >= 0.3 is 0 Å². The fraction of sp³-hybridized carbons (Fsp3) is 0.452. The Kier molecular flexibility index (Phi) is 10.6. The Morgan fingerprint density at radius 3 is 2.68 bits per heavy atom. The van der Waals surface area contributed by atoms with Crippen molar-refractivity contribution < 1.29 is 0 Å². The quantitative estimate of drug-likeness (QED) is 0.185. The second kappa shape index (κ2) is 14.5. The van der Waals surface area contributed by atoms with Crippen molar-refractivity contribution in [2.24, 2.45) is 33.1 Å². The second-order valence-electron chi connectivity index (χ2n) is 10.9. The maximum Gasteiger partial charge on any atom is 0.120 e. The minimum absolute atomic E-state index is 0.129. The van der Waals surface area contributed by atoms with Crippen LogP contribution in [0.3, 0.4) is 0 Å². The third-order valence-electron chi connectivity index (χ3n) is 7.78. The van der Waals surface area contributed by atoms with Crippen molar-refractivity contribution in [3.8, 4) is 0 Å². The smallest absolute Gasteiger partial charge is 0.120 e. The fourth-order valence-electron chi connectivity index (χ4n) is 5.20.